The molecule has 1 N–H and O–H groups in total. The van der Waals surface area contributed by atoms with Crippen molar-refractivity contribution >= 4 is 21.7 Å². The molecule has 1 aromatic heterocycles. The molecule has 1 aliphatic rings. The zero-order chi connectivity index (χ0) is 10.5. The van der Waals surface area contributed by atoms with Crippen molar-refractivity contribution in [2.45, 2.75) is 6.10 Å². The molecule has 0 amide bonds. The van der Waals surface area contributed by atoms with Crippen LogP contribution in [0.25, 0.3) is 0 Å². The Bertz CT molecular complexity index is 318. The first-order chi connectivity index (χ1) is 7.34. The van der Waals surface area contributed by atoms with Crippen LogP contribution in [-0.4, -0.2) is 42.4 Å². The minimum absolute atomic E-state index is 0.104. The minimum Gasteiger partial charge on any atom is -0.376 e. The van der Waals surface area contributed by atoms with Gasteiger partial charge in [0.2, 0.25) is 0 Å². The zero-order valence-electron chi connectivity index (χ0n) is 8.15. The summed E-state index contributed by atoms with van der Waals surface area (Å²) in [5.74, 6) is 0.783. The van der Waals surface area contributed by atoms with Gasteiger partial charge in [-0.3, -0.25) is 0 Å². The Morgan fingerprint density at radius 3 is 3.13 bits per heavy atom. The lowest BCUT2D eigenvalue weighted by molar-refractivity contribution is -0.0819. The van der Waals surface area contributed by atoms with Crippen LogP contribution in [0.3, 0.4) is 0 Å². The molecule has 1 unspecified atom stereocenters. The minimum atomic E-state index is 0.104. The molecule has 1 aromatic rings. The van der Waals surface area contributed by atoms with E-state index in [2.05, 4.69) is 31.2 Å². The molecule has 0 radical (unpaired) electrons. The summed E-state index contributed by atoms with van der Waals surface area (Å²) in [4.78, 5) is 8.02. The zero-order valence-corrected chi connectivity index (χ0v) is 9.74. The number of nitrogens with one attached hydrogen (secondary N) is 1. The van der Waals surface area contributed by atoms with Crippen LogP contribution in [0.2, 0.25) is 0 Å². The highest BCUT2D eigenvalue weighted by atomic mass is 79.9. The van der Waals surface area contributed by atoms with E-state index in [1.807, 2.05) is 6.07 Å². The third-order valence-corrected chi connectivity index (χ3v) is 2.46. The van der Waals surface area contributed by atoms with Gasteiger partial charge in [-0.2, -0.15) is 0 Å². The van der Waals surface area contributed by atoms with E-state index in [1.165, 1.54) is 6.33 Å². The molecular weight excluding hydrogens is 262 g/mol. The Kier molecular flexibility index (Phi) is 3.87. The summed E-state index contributed by atoms with van der Waals surface area (Å²) in [6.07, 6.45) is 1.61. The topological polar surface area (TPSA) is 56.3 Å². The van der Waals surface area contributed by atoms with Crippen molar-refractivity contribution in [1.82, 2.24) is 9.97 Å². The molecule has 2 rings (SSSR count). The van der Waals surface area contributed by atoms with E-state index >= 15 is 0 Å². The number of hydrogen-bond acceptors (Lipinski definition) is 5. The predicted octanol–water partition coefficient (Wildman–Crippen LogP) is 1.07. The number of aromatic nitrogens is 2. The Labute approximate surface area is 96.3 Å². The smallest absolute Gasteiger partial charge is 0.130 e. The monoisotopic (exact) mass is 273 g/mol. The van der Waals surface area contributed by atoms with Crippen LogP contribution < -0.4 is 5.32 Å². The summed E-state index contributed by atoms with van der Waals surface area (Å²) in [5.41, 5.74) is 0. The van der Waals surface area contributed by atoms with Crippen LogP contribution >= 0.6 is 15.9 Å². The molecule has 1 aliphatic heterocycles. The molecule has 0 bridgehead atoms. The first-order valence-corrected chi connectivity index (χ1v) is 5.54. The maximum absolute atomic E-state index is 5.49. The predicted molar refractivity (Wildman–Crippen MR) is 58.8 cm³/mol. The molecule has 1 fully saturated rings. The van der Waals surface area contributed by atoms with E-state index in [0.717, 1.165) is 10.4 Å². The van der Waals surface area contributed by atoms with E-state index in [9.17, 15) is 0 Å². The summed E-state index contributed by atoms with van der Waals surface area (Å²) in [5, 5.41) is 3.17. The highest BCUT2D eigenvalue weighted by Gasteiger charge is 2.13. The number of nitrogens with zero attached hydrogens (tertiary/aromatic N) is 2. The summed E-state index contributed by atoms with van der Waals surface area (Å²) in [7, 11) is 0. The van der Waals surface area contributed by atoms with Gasteiger partial charge in [-0.15, -0.1) is 0 Å². The highest BCUT2D eigenvalue weighted by molar-refractivity contribution is 9.10. The van der Waals surface area contributed by atoms with Gasteiger partial charge in [-0.1, -0.05) is 0 Å². The van der Waals surface area contributed by atoms with Gasteiger partial charge in [0.15, 0.2) is 0 Å². The van der Waals surface area contributed by atoms with Crippen LogP contribution in [0.5, 0.6) is 0 Å². The van der Waals surface area contributed by atoms with Crippen LogP contribution in [-0.2, 0) is 9.47 Å². The van der Waals surface area contributed by atoms with E-state index in [0.29, 0.717) is 26.4 Å². The van der Waals surface area contributed by atoms with Gasteiger partial charge in [0.25, 0.3) is 0 Å². The van der Waals surface area contributed by atoms with Gasteiger partial charge >= 0.3 is 0 Å². The van der Waals surface area contributed by atoms with Gasteiger partial charge in [0, 0.05) is 12.6 Å². The Morgan fingerprint density at radius 2 is 2.40 bits per heavy atom. The Balaban J connectivity index is 1.81. The largest absolute Gasteiger partial charge is 0.376 e. The van der Waals surface area contributed by atoms with Gasteiger partial charge < -0.3 is 14.8 Å². The van der Waals surface area contributed by atoms with E-state index in [4.69, 9.17) is 9.47 Å². The third kappa shape index (κ3) is 3.40. The van der Waals surface area contributed by atoms with Crippen molar-refractivity contribution in [2.75, 3.05) is 31.7 Å². The second-order valence-corrected chi connectivity index (χ2v) is 3.99. The van der Waals surface area contributed by atoms with Crippen molar-refractivity contribution in [1.29, 1.82) is 0 Å². The third-order valence-electron chi connectivity index (χ3n) is 2.03. The molecule has 0 spiro atoms. The maximum atomic E-state index is 5.49. The second kappa shape index (κ2) is 5.39. The standard InChI is InChI=1S/C9H12BrN3O2/c10-8-3-9(13-6-12-8)11-4-7-5-14-1-2-15-7/h3,6-7H,1-2,4-5H2,(H,11,12,13). The van der Waals surface area contributed by atoms with Gasteiger partial charge in [-0.05, 0) is 15.9 Å². The molecule has 5 nitrogen and oxygen atoms in total. The van der Waals surface area contributed by atoms with Crippen molar-refractivity contribution < 1.29 is 9.47 Å². The number of hydrogen-bond donors (Lipinski definition) is 1. The summed E-state index contributed by atoms with van der Waals surface area (Å²) < 4.78 is 11.5. The van der Waals surface area contributed by atoms with Crippen LogP contribution in [0, 0.1) is 0 Å². The molecule has 1 atom stereocenters. The SMILES string of the molecule is Brc1cc(NCC2COCCO2)ncn1. The molecule has 1 saturated heterocycles. The van der Waals surface area contributed by atoms with Crippen LogP contribution in [0.1, 0.15) is 0 Å². The molecule has 2 heterocycles. The first kappa shape index (κ1) is 10.8. The molecule has 82 valence electrons. The van der Waals surface area contributed by atoms with Crippen molar-refractivity contribution in [3.8, 4) is 0 Å². The van der Waals surface area contributed by atoms with E-state index in [1.54, 1.807) is 0 Å². The molecule has 0 saturated carbocycles. The maximum Gasteiger partial charge on any atom is 0.130 e. The van der Waals surface area contributed by atoms with E-state index in [-0.39, 0.29) is 6.10 Å². The lowest BCUT2D eigenvalue weighted by atomic mass is 10.3. The average molecular weight is 274 g/mol. The molecule has 0 aromatic carbocycles. The average Bonchev–Trinajstić information content (AvgIpc) is 2.28. The molecule has 15 heavy (non-hydrogen) atoms. The quantitative estimate of drug-likeness (QED) is 0.835. The Hall–Kier alpha value is -0.720. The number of halogens is 1. The number of anilines is 1. The van der Waals surface area contributed by atoms with Gasteiger partial charge in [-0.25, -0.2) is 9.97 Å². The fraction of sp³-hybridized carbons (Fsp3) is 0.556. The summed E-state index contributed by atoms with van der Waals surface area (Å²) >= 11 is 3.28. The Morgan fingerprint density at radius 1 is 1.47 bits per heavy atom. The number of rotatable bonds is 3. The van der Waals surface area contributed by atoms with Crippen molar-refractivity contribution in [3.63, 3.8) is 0 Å². The lowest BCUT2D eigenvalue weighted by Crippen LogP contribution is -2.34. The number of ether oxygens (including phenoxy) is 2. The van der Waals surface area contributed by atoms with E-state index < -0.39 is 0 Å². The van der Waals surface area contributed by atoms with Crippen molar-refractivity contribution in [2.24, 2.45) is 0 Å². The summed E-state index contributed by atoms with van der Waals surface area (Å²) in [6.45, 7) is 2.69. The van der Waals surface area contributed by atoms with Crippen LogP contribution in [0.15, 0.2) is 17.0 Å². The second-order valence-electron chi connectivity index (χ2n) is 3.17. The van der Waals surface area contributed by atoms with Gasteiger partial charge in [0.05, 0.1) is 25.9 Å². The molecule has 6 heteroatoms. The lowest BCUT2D eigenvalue weighted by Gasteiger charge is -2.23. The fourth-order valence-electron chi connectivity index (χ4n) is 1.30. The normalized spacial score (nSPS) is 21.3. The first-order valence-electron chi connectivity index (χ1n) is 4.75. The highest BCUT2D eigenvalue weighted by Crippen LogP contribution is 2.10. The fourth-order valence-corrected chi connectivity index (χ4v) is 1.61. The summed E-state index contributed by atoms with van der Waals surface area (Å²) in [6, 6.07) is 1.82. The van der Waals surface area contributed by atoms with Crippen LogP contribution in [0.4, 0.5) is 5.82 Å². The molecular formula is C9H12BrN3O2. The molecule has 0 aliphatic carbocycles. The van der Waals surface area contributed by atoms with Crippen molar-refractivity contribution in [3.05, 3.63) is 17.0 Å². The van der Waals surface area contributed by atoms with Gasteiger partial charge in [0.1, 0.15) is 16.7 Å².